The standard InChI is InChI=1S/C19H27ClNO3.HI/c1-21(2)12-11-17(13-21)24-18(22)19(23,14-5-3-4-6-14)15-7-9-16(20)10-8-15;/h7-10,14,17,23H,3-6,11-13H2,1-2H3;1H/q+1;/p-1/t17-,19+;/m1./s1. The quantitative estimate of drug-likeness (QED) is 0.379. The highest BCUT2D eigenvalue weighted by Gasteiger charge is 2.49. The van der Waals surface area contributed by atoms with Crippen molar-refractivity contribution < 1.29 is 43.1 Å². The molecule has 2 atom stereocenters. The van der Waals surface area contributed by atoms with Gasteiger partial charge < -0.3 is 38.3 Å². The van der Waals surface area contributed by atoms with Crippen molar-refractivity contribution in [2.45, 2.75) is 43.8 Å². The third-order valence-corrected chi connectivity index (χ3v) is 5.82. The van der Waals surface area contributed by atoms with Gasteiger partial charge in [-0.2, -0.15) is 0 Å². The molecule has 1 heterocycles. The van der Waals surface area contributed by atoms with E-state index < -0.39 is 11.6 Å². The summed E-state index contributed by atoms with van der Waals surface area (Å²) in [6, 6.07) is 6.94. The molecule has 2 fully saturated rings. The summed E-state index contributed by atoms with van der Waals surface area (Å²) >= 11 is 5.97. The predicted molar refractivity (Wildman–Crippen MR) is 93.6 cm³/mol. The normalized spacial score (nSPS) is 25.2. The number of quaternary nitrogens is 1. The lowest BCUT2D eigenvalue weighted by molar-refractivity contribution is -0.879. The molecule has 0 aromatic heterocycles. The number of hydrogen-bond acceptors (Lipinski definition) is 3. The number of ether oxygens (including phenoxy) is 1. The van der Waals surface area contributed by atoms with E-state index in [2.05, 4.69) is 14.1 Å². The Morgan fingerprint density at radius 3 is 2.32 bits per heavy atom. The van der Waals surface area contributed by atoms with Crippen LogP contribution in [0.15, 0.2) is 24.3 Å². The van der Waals surface area contributed by atoms with Gasteiger partial charge in [0, 0.05) is 17.4 Å². The molecule has 0 radical (unpaired) electrons. The van der Waals surface area contributed by atoms with Gasteiger partial charge in [0.2, 0.25) is 0 Å². The summed E-state index contributed by atoms with van der Waals surface area (Å²) in [4.78, 5) is 13.0. The van der Waals surface area contributed by atoms with Crippen molar-refractivity contribution in [1.82, 2.24) is 0 Å². The first-order valence-electron chi connectivity index (χ1n) is 8.83. The van der Waals surface area contributed by atoms with Crippen LogP contribution in [0.25, 0.3) is 0 Å². The Balaban J connectivity index is 0.00000225. The minimum atomic E-state index is -1.57. The molecule has 0 bridgehead atoms. The molecule has 25 heavy (non-hydrogen) atoms. The van der Waals surface area contributed by atoms with E-state index in [1.165, 1.54) is 0 Å². The Bertz CT molecular complexity index is 601. The Hall–Kier alpha value is -0.370. The zero-order valence-electron chi connectivity index (χ0n) is 14.9. The number of esters is 1. The van der Waals surface area contributed by atoms with Crippen LogP contribution in [0.2, 0.25) is 5.02 Å². The van der Waals surface area contributed by atoms with E-state index in [1.54, 1.807) is 24.3 Å². The molecule has 1 aliphatic heterocycles. The number of carbonyl (C=O) groups excluding carboxylic acids is 1. The molecular formula is C19H27ClINO3. The van der Waals surface area contributed by atoms with Crippen LogP contribution < -0.4 is 24.0 Å². The molecule has 1 aromatic carbocycles. The summed E-state index contributed by atoms with van der Waals surface area (Å²) in [6.45, 7) is 1.79. The largest absolute Gasteiger partial charge is 1.00 e. The molecule has 6 heteroatoms. The number of halogens is 2. The fourth-order valence-electron chi connectivity index (χ4n) is 4.13. The second-order valence-electron chi connectivity index (χ2n) is 7.91. The molecule has 0 unspecified atom stereocenters. The third-order valence-electron chi connectivity index (χ3n) is 5.57. The van der Waals surface area contributed by atoms with Gasteiger partial charge in [0.25, 0.3) is 0 Å². The van der Waals surface area contributed by atoms with Gasteiger partial charge in [-0.1, -0.05) is 36.6 Å². The zero-order valence-corrected chi connectivity index (χ0v) is 17.8. The molecule has 1 saturated heterocycles. The molecule has 1 aliphatic carbocycles. The van der Waals surface area contributed by atoms with E-state index in [0.29, 0.717) is 10.6 Å². The van der Waals surface area contributed by atoms with Crippen LogP contribution in [0, 0.1) is 5.92 Å². The third kappa shape index (κ3) is 4.49. The first kappa shape index (κ1) is 20.9. The van der Waals surface area contributed by atoms with Crippen LogP contribution in [-0.2, 0) is 15.1 Å². The van der Waals surface area contributed by atoms with E-state index in [9.17, 15) is 9.90 Å². The molecule has 1 N–H and O–H groups in total. The van der Waals surface area contributed by atoms with Crippen molar-refractivity contribution in [1.29, 1.82) is 0 Å². The number of hydrogen-bond donors (Lipinski definition) is 1. The Morgan fingerprint density at radius 1 is 1.20 bits per heavy atom. The summed E-state index contributed by atoms with van der Waals surface area (Å²) in [5.74, 6) is -0.585. The van der Waals surface area contributed by atoms with E-state index in [1.807, 2.05) is 0 Å². The molecule has 0 amide bonds. The van der Waals surface area contributed by atoms with Crippen molar-refractivity contribution in [3.8, 4) is 0 Å². The van der Waals surface area contributed by atoms with Crippen molar-refractivity contribution >= 4 is 17.6 Å². The lowest BCUT2D eigenvalue weighted by Gasteiger charge is -2.33. The second kappa shape index (κ2) is 8.11. The van der Waals surface area contributed by atoms with Gasteiger partial charge in [-0.05, 0) is 30.5 Å². The molecule has 2 aliphatic rings. The van der Waals surface area contributed by atoms with Gasteiger partial charge in [-0.15, -0.1) is 0 Å². The van der Waals surface area contributed by atoms with Crippen LogP contribution >= 0.6 is 11.6 Å². The predicted octanol–water partition coefficient (Wildman–Crippen LogP) is 0.114. The number of likely N-dealkylation sites (N-methyl/N-ethyl adjacent to an activating group) is 1. The van der Waals surface area contributed by atoms with E-state index >= 15 is 0 Å². The monoisotopic (exact) mass is 479 g/mol. The van der Waals surface area contributed by atoms with Crippen LogP contribution in [0.3, 0.4) is 0 Å². The first-order chi connectivity index (χ1) is 11.3. The van der Waals surface area contributed by atoms with Crippen LogP contribution in [0.1, 0.15) is 37.7 Å². The highest BCUT2D eigenvalue weighted by Crippen LogP contribution is 2.42. The topological polar surface area (TPSA) is 46.5 Å². The minimum Gasteiger partial charge on any atom is -1.00 e. The Kier molecular flexibility index (Phi) is 6.79. The average Bonchev–Trinajstić information content (AvgIpc) is 3.17. The number of likely N-dealkylation sites (tertiary alicyclic amines) is 1. The van der Waals surface area contributed by atoms with Crippen molar-refractivity contribution in [3.63, 3.8) is 0 Å². The molecule has 140 valence electrons. The maximum Gasteiger partial charge on any atom is 0.343 e. The smallest absolute Gasteiger partial charge is 0.343 e. The van der Waals surface area contributed by atoms with Gasteiger partial charge in [0.15, 0.2) is 11.7 Å². The Labute approximate surface area is 172 Å². The number of nitrogens with zero attached hydrogens (tertiary/aromatic N) is 1. The minimum absolute atomic E-state index is 0. The van der Waals surface area contributed by atoms with Crippen molar-refractivity contribution in [3.05, 3.63) is 34.9 Å². The molecule has 0 spiro atoms. The lowest BCUT2D eigenvalue weighted by atomic mass is 9.80. The van der Waals surface area contributed by atoms with Gasteiger partial charge in [0.05, 0.1) is 20.6 Å². The van der Waals surface area contributed by atoms with Crippen molar-refractivity contribution in [2.24, 2.45) is 5.92 Å². The molecule has 3 rings (SSSR count). The highest BCUT2D eigenvalue weighted by atomic mass is 127. The summed E-state index contributed by atoms with van der Waals surface area (Å²) < 4.78 is 6.62. The molecule has 1 aromatic rings. The van der Waals surface area contributed by atoms with E-state index in [-0.39, 0.29) is 36.0 Å². The molecule has 4 nitrogen and oxygen atoms in total. The SMILES string of the molecule is C[N+]1(C)CC[C@@H](OC(=O)[C@@](O)(c2ccc(Cl)cc2)C2CCCC2)C1.[I-]. The number of aliphatic hydroxyl groups is 1. The first-order valence-corrected chi connectivity index (χ1v) is 9.20. The number of carbonyl (C=O) groups is 1. The summed E-state index contributed by atoms with van der Waals surface area (Å²) in [5.41, 5.74) is -0.976. The van der Waals surface area contributed by atoms with Crippen molar-refractivity contribution in [2.75, 3.05) is 27.2 Å². The second-order valence-corrected chi connectivity index (χ2v) is 8.35. The van der Waals surface area contributed by atoms with Crippen LogP contribution in [-0.4, -0.2) is 48.8 Å². The zero-order chi connectivity index (χ0) is 17.4. The maximum atomic E-state index is 13.0. The fraction of sp³-hybridized carbons (Fsp3) is 0.632. The maximum absolute atomic E-state index is 13.0. The summed E-state index contributed by atoms with van der Waals surface area (Å²) in [7, 11) is 4.27. The highest BCUT2D eigenvalue weighted by molar-refractivity contribution is 6.30. The fourth-order valence-corrected chi connectivity index (χ4v) is 4.26. The lowest BCUT2D eigenvalue weighted by Crippen LogP contribution is -3.00. The summed E-state index contributed by atoms with van der Waals surface area (Å²) in [5, 5.41) is 12.0. The average molecular weight is 480 g/mol. The van der Waals surface area contributed by atoms with Gasteiger partial charge in [-0.25, -0.2) is 4.79 Å². The van der Waals surface area contributed by atoms with Crippen LogP contribution in [0.5, 0.6) is 0 Å². The summed E-state index contributed by atoms with van der Waals surface area (Å²) in [6.07, 6.45) is 4.51. The van der Waals surface area contributed by atoms with Crippen LogP contribution in [0.4, 0.5) is 0 Å². The van der Waals surface area contributed by atoms with E-state index in [0.717, 1.165) is 49.7 Å². The number of benzene rings is 1. The van der Waals surface area contributed by atoms with Gasteiger partial charge >= 0.3 is 5.97 Å². The van der Waals surface area contributed by atoms with Gasteiger partial charge in [-0.3, -0.25) is 0 Å². The Morgan fingerprint density at radius 2 is 1.80 bits per heavy atom. The molecule has 1 saturated carbocycles. The van der Waals surface area contributed by atoms with Gasteiger partial charge in [0.1, 0.15) is 6.54 Å². The molecular weight excluding hydrogens is 453 g/mol. The van der Waals surface area contributed by atoms with E-state index in [4.69, 9.17) is 16.3 Å². The number of rotatable bonds is 4.